The molecule has 1 saturated heterocycles. The zero-order valence-corrected chi connectivity index (χ0v) is 13.3. The fraction of sp³-hybridized carbons (Fsp3) is 0.278. The number of amides is 1. The molecule has 0 spiro atoms. The molecule has 0 unspecified atom stereocenters. The van der Waals surface area contributed by atoms with Gasteiger partial charge in [0.2, 0.25) is 5.91 Å². The van der Waals surface area contributed by atoms with Crippen LogP contribution in [0.1, 0.15) is 18.4 Å². The number of hydrogen-bond acceptors (Lipinski definition) is 4. The molecule has 0 saturated carbocycles. The third-order valence-electron chi connectivity index (χ3n) is 4.44. The van der Waals surface area contributed by atoms with E-state index in [2.05, 4.69) is 32.4 Å². The Bertz CT molecular complexity index is 845. The maximum atomic E-state index is 12.8. The van der Waals surface area contributed by atoms with Gasteiger partial charge in [-0.05, 0) is 31.0 Å². The number of hydrogen-bond donors (Lipinski definition) is 1. The Morgan fingerprint density at radius 2 is 2.04 bits per heavy atom. The molecule has 24 heavy (non-hydrogen) atoms. The molecule has 0 radical (unpaired) electrons. The maximum absolute atomic E-state index is 12.8. The fourth-order valence-electron chi connectivity index (χ4n) is 3.27. The first-order chi connectivity index (χ1) is 11.8. The number of carbonyl (C=O) groups excluding carboxylic acids is 1. The van der Waals surface area contributed by atoms with Crippen LogP contribution < -0.4 is 5.32 Å². The van der Waals surface area contributed by atoms with Gasteiger partial charge in [0, 0.05) is 18.8 Å². The molecule has 1 amide bonds. The number of benzene rings is 1. The van der Waals surface area contributed by atoms with Crippen molar-refractivity contribution in [2.24, 2.45) is 0 Å². The van der Waals surface area contributed by atoms with E-state index < -0.39 is 0 Å². The van der Waals surface area contributed by atoms with E-state index in [1.165, 1.54) is 5.56 Å². The van der Waals surface area contributed by atoms with Crippen LogP contribution in [-0.4, -0.2) is 38.0 Å². The van der Waals surface area contributed by atoms with Gasteiger partial charge >= 0.3 is 0 Å². The fourth-order valence-corrected chi connectivity index (χ4v) is 3.27. The molecule has 0 aliphatic carbocycles. The predicted octanol–water partition coefficient (Wildman–Crippen LogP) is 2.33. The van der Waals surface area contributed by atoms with Crippen LogP contribution in [0.2, 0.25) is 0 Å². The van der Waals surface area contributed by atoms with Crippen molar-refractivity contribution in [1.29, 1.82) is 0 Å². The number of nitrogens with one attached hydrogen (secondary N) is 1. The SMILES string of the molecule is O=C(Nc1ccnc2ccnn12)[C@H]1CCCN1Cc1ccccc1. The monoisotopic (exact) mass is 321 g/mol. The van der Waals surface area contributed by atoms with Gasteiger partial charge in [-0.1, -0.05) is 30.3 Å². The van der Waals surface area contributed by atoms with Crippen molar-refractivity contribution < 1.29 is 4.79 Å². The van der Waals surface area contributed by atoms with E-state index in [0.29, 0.717) is 5.82 Å². The van der Waals surface area contributed by atoms with E-state index in [1.807, 2.05) is 24.3 Å². The van der Waals surface area contributed by atoms with Gasteiger partial charge in [0.25, 0.3) is 0 Å². The van der Waals surface area contributed by atoms with Gasteiger partial charge in [0.1, 0.15) is 5.82 Å². The van der Waals surface area contributed by atoms with Crippen molar-refractivity contribution in [3.63, 3.8) is 0 Å². The first kappa shape index (κ1) is 14.8. The molecule has 4 rings (SSSR count). The van der Waals surface area contributed by atoms with Gasteiger partial charge in [0.05, 0.1) is 12.2 Å². The molecule has 1 fully saturated rings. The second-order valence-corrected chi connectivity index (χ2v) is 6.03. The summed E-state index contributed by atoms with van der Waals surface area (Å²) in [5.41, 5.74) is 1.95. The van der Waals surface area contributed by atoms with Crippen LogP contribution in [0.3, 0.4) is 0 Å². The van der Waals surface area contributed by atoms with Crippen LogP contribution in [0.15, 0.2) is 54.9 Å². The normalized spacial score (nSPS) is 18.1. The molecular formula is C18H19N5O. The first-order valence-corrected chi connectivity index (χ1v) is 8.19. The van der Waals surface area contributed by atoms with Crippen LogP contribution in [0.5, 0.6) is 0 Å². The van der Waals surface area contributed by atoms with Crippen LogP contribution in [-0.2, 0) is 11.3 Å². The number of aromatic nitrogens is 3. The van der Waals surface area contributed by atoms with Gasteiger partial charge < -0.3 is 5.32 Å². The number of fused-ring (bicyclic) bond motifs is 1. The van der Waals surface area contributed by atoms with Gasteiger partial charge in [-0.3, -0.25) is 9.69 Å². The second-order valence-electron chi connectivity index (χ2n) is 6.03. The summed E-state index contributed by atoms with van der Waals surface area (Å²) >= 11 is 0. The van der Waals surface area contributed by atoms with E-state index in [4.69, 9.17) is 0 Å². The molecule has 0 bridgehead atoms. The third kappa shape index (κ3) is 2.88. The van der Waals surface area contributed by atoms with E-state index in [9.17, 15) is 4.79 Å². The molecule has 6 nitrogen and oxygen atoms in total. The van der Waals surface area contributed by atoms with Crippen molar-refractivity contribution in [2.45, 2.75) is 25.4 Å². The summed E-state index contributed by atoms with van der Waals surface area (Å²) in [6.45, 7) is 1.74. The first-order valence-electron chi connectivity index (χ1n) is 8.19. The lowest BCUT2D eigenvalue weighted by atomic mass is 10.1. The zero-order valence-electron chi connectivity index (χ0n) is 13.3. The Labute approximate surface area is 140 Å². The quantitative estimate of drug-likeness (QED) is 0.801. The number of nitrogens with zero attached hydrogens (tertiary/aromatic N) is 4. The Morgan fingerprint density at radius 3 is 2.92 bits per heavy atom. The summed E-state index contributed by atoms with van der Waals surface area (Å²) in [6.07, 6.45) is 5.28. The molecule has 1 aliphatic rings. The molecule has 1 aliphatic heterocycles. The third-order valence-corrected chi connectivity index (χ3v) is 4.44. The Morgan fingerprint density at radius 1 is 1.17 bits per heavy atom. The topological polar surface area (TPSA) is 62.5 Å². The second kappa shape index (κ2) is 6.41. The van der Waals surface area contributed by atoms with Crippen LogP contribution in [0.25, 0.3) is 5.65 Å². The lowest BCUT2D eigenvalue weighted by Crippen LogP contribution is -2.39. The predicted molar refractivity (Wildman–Crippen MR) is 91.5 cm³/mol. The highest BCUT2D eigenvalue weighted by Crippen LogP contribution is 2.21. The standard InChI is InChI=1S/C18H19N5O/c24-18(21-17-8-10-19-16-9-11-20-23(16)17)15-7-4-12-22(15)13-14-5-2-1-3-6-14/h1-3,5-6,8-11,15H,4,7,12-13H2,(H,21,24)/t15-/m1/s1. The minimum atomic E-state index is -0.107. The largest absolute Gasteiger partial charge is 0.309 e. The molecule has 1 N–H and O–H groups in total. The highest BCUT2D eigenvalue weighted by Gasteiger charge is 2.30. The zero-order chi connectivity index (χ0) is 16.4. The van der Waals surface area contributed by atoms with Gasteiger partial charge in [-0.15, -0.1) is 0 Å². The Balaban J connectivity index is 1.50. The average molecular weight is 321 g/mol. The molecule has 1 aromatic carbocycles. The number of rotatable bonds is 4. The molecule has 122 valence electrons. The van der Waals surface area contributed by atoms with Crippen molar-refractivity contribution in [2.75, 3.05) is 11.9 Å². The van der Waals surface area contributed by atoms with Crippen molar-refractivity contribution in [3.05, 3.63) is 60.4 Å². The van der Waals surface area contributed by atoms with Crippen LogP contribution >= 0.6 is 0 Å². The smallest absolute Gasteiger partial charge is 0.242 e. The molecule has 6 heteroatoms. The van der Waals surface area contributed by atoms with Crippen molar-refractivity contribution in [3.8, 4) is 0 Å². The summed E-state index contributed by atoms with van der Waals surface area (Å²) in [5, 5.41) is 7.22. The lowest BCUT2D eigenvalue weighted by molar-refractivity contribution is -0.120. The van der Waals surface area contributed by atoms with E-state index >= 15 is 0 Å². The van der Waals surface area contributed by atoms with Crippen LogP contribution in [0.4, 0.5) is 5.82 Å². The Hall–Kier alpha value is -2.73. The summed E-state index contributed by atoms with van der Waals surface area (Å²) in [4.78, 5) is 19.2. The maximum Gasteiger partial charge on any atom is 0.242 e. The lowest BCUT2D eigenvalue weighted by Gasteiger charge is -2.23. The number of carbonyl (C=O) groups is 1. The summed E-state index contributed by atoms with van der Waals surface area (Å²) in [7, 11) is 0. The van der Waals surface area contributed by atoms with Crippen molar-refractivity contribution >= 4 is 17.4 Å². The van der Waals surface area contributed by atoms with Gasteiger partial charge in [0.15, 0.2) is 5.65 Å². The van der Waals surface area contributed by atoms with E-state index in [0.717, 1.165) is 31.6 Å². The van der Waals surface area contributed by atoms with Crippen molar-refractivity contribution in [1.82, 2.24) is 19.5 Å². The number of anilines is 1. The molecule has 1 atom stereocenters. The molecule has 2 aromatic heterocycles. The highest BCUT2D eigenvalue weighted by molar-refractivity contribution is 5.94. The summed E-state index contributed by atoms with van der Waals surface area (Å²) in [5.74, 6) is 0.674. The summed E-state index contributed by atoms with van der Waals surface area (Å²) in [6, 6.07) is 13.8. The van der Waals surface area contributed by atoms with Gasteiger partial charge in [-0.25, -0.2) is 4.98 Å². The highest BCUT2D eigenvalue weighted by atomic mass is 16.2. The van der Waals surface area contributed by atoms with E-state index in [1.54, 1.807) is 23.0 Å². The molecule has 3 aromatic rings. The Kier molecular flexibility index (Phi) is 3.96. The number of likely N-dealkylation sites (tertiary alicyclic amines) is 1. The summed E-state index contributed by atoms with van der Waals surface area (Å²) < 4.78 is 1.65. The molecular weight excluding hydrogens is 302 g/mol. The van der Waals surface area contributed by atoms with E-state index in [-0.39, 0.29) is 11.9 Å². The minimum absolute atomic E-state index is 0.0198. The average Bonchev–Trinajstić information content (AvgIpc) is 3.25. The minimum Gasteiger partial charge on any atom is -0.309 e. The molecule has 3 heterocycles. The van der Waals surface area contributed by atoms with Gasteiger partial charge in [-0.2, -0.15) is 9.61 Å². The van der Waals surface area contributed by atoms with Crippen LogP contribution in [0, 0.1) is 0 Å².